The van der Waals surface area contributed by atoms with Gasteiger partial charge in [-0.2, -0.15) is 13.2 Å². The molecule has 0 radical (unpaired) electrons. The Morgan fingerprint density at radius 2 is 1.89 bits per heavy atom. The van der Waals surface area contributed by atoms with E-state index < -0.39 is 12.7 Å². The van der Waals surface area contributed by atoms with E-state index in [0.29, 0.717) is 5.69 Å². The van der Waals surface area contributed by atoms with Crippen LogP contribution in [-0.4, -0.2) is 18.8 Å². The Labute approximate surface area is 106 Å². The van der Waals surface area contributed by atoms with Crippen molar-refractivity contribution in [1.29, 1.82) is 0 Å². The molecule has 0 aliphatic carbocycles. The molecule has 1 aromatic rings. The molecule has 2 N–H and O–H groups in total. The maximum Gasteiger partial charge on any atom is 0.405 e. The lowest BCUT2D eigenvalue weighted by Gasteiger charge is -2.31. The zero-order chi connectivity index (χ0) is 13.9. The van der Waals surface area contributed by atoms with E-state index in [1.807, 2.05) is 13.0 Å². The van der Waals surface area contributed by atoms with Crippen LogP contribution in [0.4, 0.5) is 18.9 Å². The van der Waals surface area contributed by atoms with E-state index in [2.05, 4.69) is 0 Å². The molecule has 0 saturated carbocycles. The van der Waals surface area contributed by atoms with Crippen molar-refractivity contribution in [3.8, 4) is 0 Å². The average molecular weight is 260 g/mol. The molecule has 5 heteroatoms. The Bertz CT molecular complexity index is 400. The second-order valence-electron chi connectivity index (χ2n) is 4.67. The molecule has 0 heterocycles. The highest BCUT2D eigenvalue weighted by molar-refractivity contribution is 5.55. The van der Waals surface area contributed by atoms with Crippen molar-refractivity contribution in [1.82, 2.24) is 0 Å². The van der Waals surface area contributed by atoms with Crippen LogP contribution in [0.5, 0.6) is 0 Å². The first-order valence-electron chi connectivity index (χ1n) is 5.87. The normalized spacial score (nSPS) is 12.0. The number of rotatable bonds is 4. The van der Waals surface area contributed by atoms with E-state index in [0.717, 1.165) is 11.1 Å². The molecule has 18 heavy (non-hydrogen) atoms. The quantitative estimate of drug-likeness (QED) is 0.900. The number of nitrogens with two attached hydrogens (primary N) is 1. The van der Waals surface area contributed by atoms with Gasteiger partial charge in [0.15, 0.2) is 0 Å². The molecule has 102 valence electrons. The van der Waals surface area contributed by atoms with Gasteiger partial charge in [-0.25, -0.2) is 0 Å². The number of halogens is 3. The van der Waals surface area contributed by atoms with E-state index >= 15 is 0 Å². The maximum atomic E-state index is 12.6. The topological polar surface area (TPSA) is 29.3 Å². The SMILES string of the molecule is Cc1ccc(N(CC(F)(F)F)C(C)C)c(CN)c1. The van der Waals surface area contributed by atoms with Gasteiger partial charge >= 0.3 is 6.18 Å². The summed E-state index contributed by atoms with van der Waals surface area (Å²) in [5, 5.41) is 0. The average Bonchev–Trinajstić information content (AvgIpc) is 2.24. The number of aryl methyl sites for hydroxylation is 1. The van der Waals surface area contributed by atoms with Crippen LogP contribution < -0.4 is 10.6 Å². The molecule has 0 fully saturated rings. The van der Waals surface area contributed by atoms with Gasteiger partial charge in [-0.05, 0) is 32.4 Å². The zero-order valence-electron chi connectivity index (χ0n) is 10.9. The third-order valence-corrected chi connectivity index (χ3v) is 2.74. The third-order valence-electron chi connectivity index (χ3n) is 2.74. The second kappa shape index (κ2) is 5.61. The summed E-state index contributed by atoms with van der Waals surface area (Å²) in [5.41, 5.74) is 7.92. The first kappa shape index (κ1) is 14.8. The highest BCUT2D eigenvalue weighted by Gasteiger charge is 2.32. The van der Waals surface area contributed by atoms with E-state index in [9.17, 15) is 13.2 Å². The maximum absolute atomic E-state index is 12.6. The lowest BCUT2D eigenvalue weighted by atomic mass is 10.1. The first-order valence-corrected chi connectivity index (χ1v) is 5.87. The van der Waals surface area contributed by atoms with Gasteiger partial charge in [0.25, 0.3) is 0 Å². The lowest BCUT2D eigenvalue weighted by Crippen LogP contribution is -2.39. The number of hydrogen-bond acceptors (Lipinski definition) is 2. The fourth-order valence-corrected chi connectivity index (χ4v) is 1.90. The van der Waals surface area contributed by atoms with Crippen LogP contribution in [0.1, 0.15) is 25.0 Å². The molecular formula is C13H19F3N2. The predicted molar refractivity (Wildman–Crippen MR) is 67.6 cm³/mol. The fourth-order valence-electron chi connectivity index (χ4n) is 1.90. The lowest BCUT2D eigenvalue weighted by molar-refractivity contribution is -0.120. The number of hydrogen-bond donors (Lipinski definition) is 1. The molecule has 0 atom stereocenters. The molecule has 0 aromatic heterocycles. The fraction of sp³-hybridized carbons (Fsp3) is 0.538. The largest absolute Gasteiger partial charge is 0.405 e. The Morgan fingerprint density at radius 3 is 2.33 bits per heavy atom. The summed E-state index contributed by atoms with van der Waals surface area (Å²) in [5.74, 6) is 0. The highest BCUT2D eigenvalue weighted by atomic mass is 19.4. The van der Waals surface area contributed by atoms with Crippen molar-refractivity contribution in [2.75, 3.05) is 11.4 Å². The Balaban J connectivity index is 3.13. The minimum atomic E-state index is -4.22. The summed E-state index contributed by atoms with van der Waals surface area (Å²) < 4.78 is 37.8. The van der Waals surface area contributed by atoms with Crippen molar-refractivity contribution >= 4 is 5.69 Å². The Hall–Kier alpha value is -1.23. The highest BCUT2D eigenvalue weighted by Crippen LogP contribution is 2.27. The molecule has 0 unspecified atom stereocenters. The van der Waals surface area contributed by atoms with E-state index in [4.69, 9.17) is 5.73 Å². The van der Waals surface area contributed by atoms with Gasteiger partial charge in [0.1, 0.15) is 6.54 Å². The van der Waals surface area contributed by atoms with Crippen molar-refractivity contribution in [3.05, 3.63) is 29.3 Å². The summed E-state index contributed by atoms with van der Waals surface area (Å²) in [6.07, 6.45) is -4.22. The molecule has 0 aliphatic rings. The monoisotopic (exact) mass is 260 g/mol. The smallest absolute Gasteiger partial charge is 0.360 e. The molecule has 0 bridgehead atoms. The van der Waals surface area contributed by atoms with E-state index in [-0.39, 0.29) is 12.6 Å². The number of alkyl halides is 3. The van der Waals surface area contributed by atoms with Gasteiger partial charge in [-0.1, -0.05) is 17.7 Å². The minimum absolute atomic E-state index is 0.234. The predicted octanol–water partition coefficient (Wildman–Crippen LogP) is 3.23. The molecule has 0 saturated heterocycles. The van der Waals surface area contributed by atoms with Crippen molar-refractivity contribution in [2.24, 2.45) is 5.73 Å². The van der Waals surface area contributed by atoms with E-state index in [1.54, 1.807) is 26.0 Å². The van der Waals surface area contributed by atoms with Gasteiger partial charge < -0.3 is 10.6 Å². The van der Waals surface area contributed by atoms with Gasteiger partial charge in [0.2, 0.25) is 0 Å². The molecule has 0 amide bonds. The third kappa shape index (κ3) is 3.91. The number of anilines is 1. The summed E-state index contributed by atoms with van der Waals surface area (Å²) >= 11 is 0. The Kier molecular flexibility index (Phi) is 4.62. The van der Waals surface area contributed by atoms with Crippen LogP contribution >= 0.6 is 0 Å². The van der Waals surface area contributed by atoms with Gasteiger partial charge in [-0.15, -0.1) is 0 Å². The van der Waals surface area contributed by atoms with Crippen LogP contribution in [0.3, 0.4) is 0 Å². The minimum Gasteiger partial charge on any atom is -0.360 e. The summed E-state index contributed by atoms with van der Waals surface area (Å²) in [6.45, 7) is 4.66. The molecule has 1 rings (SSSR count). The first-order chi connectivity index (χ1) is 8.24. The second-order valence-corrected chi connectivity index (χ2v) is 4.67. The molecule has 0 aliphatic heterocycles. The van der Waals surface area contributed by atoms with Gasteiger partial charge in [0.05, 0.1) is 0 Å². The summed E-state index contributed by atoms with van der Waals surface area (Å²) in [7, 11) is 0. The van der Waals surface area contributed by atoms with Crippen LogP contribution in [0, 0.1) is 6.92 Å². The van der Waals surface area contributed by atoms with Crippen molar-refractivity contribution in [2.45, 2.75) is 39.5 Å². The standard InChI is InChI=1S/C13H19F3N2/c1-9(2)18(8-13(14,15)16)12-5-4-10(3)6-11(12)7-17/h4-6,9H,7-8,17H2,1-3H3. The van der Waals surface area contributed by atoms with Crippen LogP contribution in [0.25, 0.3) is 0 Å². The number of nitrogens with zero attached hydrogens (tertiary/aromatic N) is 1. The van der Waals surface area contributed by atoms with Crippen LogP contribution in [0.15, 0.2) is 18.2 Å². The molecule has 0 spiro atoms. The molecule has 2 nitrogen and oxygen atoms in total. The van der Waals surface area contributed by atoms with Crippen LogP contribution in [-0.2, 0) is 6.54 Å². The number of benzene rings is 1. The summed E-state index contributed by atoms with van der Waals surface area (Å²) in [6, 6.07) is 5.12. The zero-order valence-corrected chi connectivity index (χ0v) is 10.9. The van der Waals surface area contributed by atoms with Crippen molar-refractivity contribution < 1.29 is 13.2 Å². The van der Waals surface area contributed by atoms with Crippen molar-refractivity contribution in [3.63, 3.8) is 0 Å². The van der Waals surface area contributed by atoms with Gasteiger partial charge in [0, 0.05) is 18.3 Å². The molecular weight excluding hydrogens is 241 g/mol. The Morgan fingerprint density at radius 1 is 1.28 bits per heavy atom. The summed E-state index contributed by atoms with van der Waals surface area (Å²) in [4.78, 5) is 1.33. The van der Waals surface area contributed by atoms with Crippen LogP contribution in [0.2, 0.25) is 0 Å². The van der Waals surface area contributed by atoms with Gasteiger partial charge in [-0.3, -0.25) is 0 Å². The van der Waals surface area contributed by atoms with E-state index in [1.165, 1.54) is 4.90 Å². The molecule has 1 aromatic carbocycles.